The maximum absolute atomic E-state index is 5.13. The quantitative estimate of drug-likeness (QED) is 0.182. The van der Waals surface area contributed by atoms with Crippen molar-refractivity contribution in [3.05, 3.63) is 35.9 Å². The summed E-state index contributed by atoms with van der Waals surface area (Å²) in [6, 6.07) is 8.43. The third-order valence-electron chi connectivity index (χ3n) is 4.73. The number of ether oxygens (including phenoxy) is 1. The van der Waals surface area contributed by atoms with E-state index in [0.717, 1.165) is 60.7 Å². The maximum atomic E-state index is 5.13. The fourth-order valence-electron chi connectivity index (χ4n) is 3.35. The van der Waals surface area contributed by atoms with Gasteiger partial charge in [0.15, 0.2) is 16.9 Å². The van der Waals surface area contributed by atoms with Crippen molar-refractivity contribution >= 4 is 56.6 Å². The number of aromatic nitrogens is 4. The molecule has 3 heterocycles. The first-order valence-electron chi connectivity index (χ1n) is 9.73. The van der Waals surface area contributed by atoms with Gasteiger partial charge in [-0.15, -0.1) is 24.0 Å². The summed E-state index contributed by atoms with van der Waals surface area (Å²) >= 11 is 1.67. The molecule has 0 spiro atoms. The van der Waals surface area contributed by atoms with Crippen molar-refractivity contribution in [3.63, 3.8) is 0 Å². The minimum absolute atomic E-state index is 0. The molecule has 162 valence electrons. The average Bonchev–Trinajstić information content (AvgIpc) is 3.33. The van der Waals surface area contributed by atoms with E-state index in [1.165, 1.54) is 4.70 Å². The van der Waals surface area contributed by atoms with Crippen LogP contribution in [0.1, 0.15) is 18.1 Å². The van der Waals surface area contributed by atoms with Gasteiger partial charge in [-0.2, -0.15) is 5.10 Å². The summed E-state index contributed by atoms with van der Waals surface area (Å²) in [4.78, 5) is 13.4. The molecule has 1 aliphatic heterocycles. The number of para-hydroxylation sites is 1. The van der Waals surface area contributed by atoms with Crippen LogP contribution in [0.5, 0.6) is 0 Å². The van der Waals surface area contributed by atoms with E-state index in [1.807, 2.05) is 22.9 Å². The smallest absolute Gasteiger partial charge is 0.191 e. The Morgan fingerprint density at radius 1 is 1.30 bits per heavy atom. The van der Waals surface area contributed by atoms with E-state index in [2.05, 4.69) is 42.1 Å². The highest BCUT2D eigenvalue weighted by atomic mass is 127. The predicted octanol–water partition coefficient (Wildman–Crippen LogP) is 2.24. The largest absolute Gasteiger partial charge is 0.377 e. The molecule has 11 heteroatoms. The van der Waals surface area contributed by atoms with Crippen LogP contribution in [0.3, 0.4) is 0 Å². The zero-order chi connectivity index (χ0) is 20.1. The van der Waals surface area contributed by atoms with Crippen LogP contribution in [0.2, 0.25) is 0 Å². The number of guanidine groups is 1. The Kier molecular flexibility index (Phi) is 8.22. The van der Waals surface area contributed by atoms with Crippen LogP contribution in [-0.2, 0) is 24.3 Å². The van der Waals surface area contributed by atoms with E-state index in [-0.39, 0.29) is 30.0 Å². The Labute approximate surface area is 196 Å². The van der Waals surface area contributed by atoms with Crippen molar-refractivity contribution < 1.29 is 4.74 Å². The highest BCUT2D eigenvalue weighted by molar-refractivity contribution is 14.0. The molecular formula is C19H27IN8OS. The second-order valence-electron chi connectivity index (χ2n) is 6.85. The molecule has 0 radical (unpaired) electrons. The monoisotopic (exact) mass is 542 g/mol. The number of anilines is 1. The van der Waals surface area contributed by atoms with Gasteiger partial charge >= 0.3 is 0 Å². The van der Waals surface area contributed by atoms with Crippen molar-refractivity contribution in [1.82, 2.24) is 30.4 Å². The SMILES string of the molecule is CN=C(NCCNc1nc2ccccc2s1)NC1CCc2nc(COC)nn2C1.I. The molecule has 0 saturated heterocycles. The molecule has 0 fully saturated rings. The molecular weight excluding hydrogens is 515 g/mol. The van der Waals surface area contributed by atoms with Crippen molar-refractivity contribution in [3.8, 4) is 0 Å². The Bertz CT molecular complexity index is 955. The van der Waals surface area contributed by atoms with Crippen LogP contribution in [0.15, 0.2) is 29.3 Å². The van der Waals surface area contributed by atoms with Gasteiger partial charge in [-0.3, -0.25) is 4.99 Å². The van der Waals surface area contributed by atoms with Crippen LogP contribution in [0.4, 0.5) is 5.13 Å². The van der Waals surface area contributed by atoms with Crippen molar-refractivity contribution in [2.24, 2.45) is 4.99 Å². The first-order valence-corrected chi connectivity index (χ1v) is 10.5. The first kappa shape index (κ1) is 22.7. The summed E-state index contributed by atoms with van der Waals surface area (Å²) < 4.78 is 8.29. The van der Waals surface area contributed by atoms with E-state index >= 15 is 0 Å². The average molecular weight is 542 g/mol. The van der Waals surface area contributed by atoms with Gasteiger partial charge in [0.25, 0.3) is 0 Å². The number of nitrogens with zero attached hydrogens (tertiary/aromatic N) is 5. The van der Waals surface area contributed by atoms with E-state index in [4.69, 9.17) is 4.74 Å². The Morgan fingerprint density at radius 3 is 2.97 bits per heavy atom. The number of fused-ring (bicyclic) bond motifs is 2. The molecule has 0 amide bonds. The zero-order valence-corrected chi connectivity index (χ0v) is 20.2. The minimum Gasteiger partial charge on any atom is -0.377 e. The van der Waals surface area contributed by atoms with Crippen LogP contribution >= 0.6 is 35.3 Å². The number of hydrogen-bond acceptors (Lipinski definition) is 7. The molecule has 30 heavy (non-hydrogen) atoms. The van der Waals surface area contributed by atoms with E-state index < -0.39 is 0 Å². The lowest BCUT2D eigenvalue weighted by Crippen LogP contribution is -2.47. The first-order chi connectivity index (χ1) is 14.2. The van der Waals surface area contributed by atoms with Crippen LogP contribution in [0, 0.1) is 0 Å². The number of aryl methyl sites for hydroxylation is 1. The molecule has 0 bridgehead atoms. The summed E-state index contributed by atoms with van der Waals surface area (Å²) in [7, 11) is 3.45. The molecule has 0 saturated carbocycles. The fourth-order valence-corrected chi connectivity index (χ4v) is 4.25. The van der Waals surface area contributed by atoms with Crippen LogP contribution in [0.25, 0.3) is 10.2 Å². The highest BCUT2D eigenvalue weighted by Crippen LogP contribution is 2.24. The zero-order valence-electron chi connectivity index (χ0n) is 17.1. The van der Waals surface area contributed by atoms with Gasteiger partial charge < -0.3 is 20.7 Å². The number of hydrogen-bond donors (Lipinski definition) is 3. The number of benzene rings is 1. The summed E-state index contributed by atoms with van der Waals surface area (Å²) in [5.41, 5.74) is 1.03. The normalized spacial score (nSPS) is 16.1. The predicted molar refractivity (Wildman–Crippen MR) is 131 cm³/mol. The second-order valence-corrected chi connectivity index (χ2v) is 7.88. The lowest BCUT2D eigenvalue weighted by Gasteiger charge is -2.25. The highest BCUT2D eigenvalue weighted by Gasteiger charge is 2.22. The van der Waals surface area contributed by atoms with Gasteiger partial charge in [-0.05, 0) is 18.6 Å². The third-order valence-corrected chi connectivity index (χ3v) is 5.72. The number of thiazole rings is 1. The van der Waals surface area contributed by atoms with E-state index in [1.54, 1.807) is 25.5 Å². The Morgan fingerprint density at radius 2 is 2.17 bits per heavy atom. The molecule has 1 aliphatic rings. The molecule has 1 unspecified atom stereocenters. The molecule has 3 aromatic rings. The molecule has 0 aliphatic carbocycles. The minimum atomic E-state index is 0. The van der Waals surface area contributed by atoms with Gasteiger partial charge in [0.1, 0.15) is 12.4 Å². The molecule has 1 atom stereocenters. The topological polar surface area (TPSA) is 101 Å². The van der Waals surface area contributed by atoms with Crippen LogP contribution in [-0.4, -0.2) is 59.0 Å². The molecule has 9 nitrogen and oxygen atoms in total. The van der Waals surface area contributed by atoms with Gasteiger partial charge in [0.05, 0.1) is 16.8 Å². The summed E-state index contributed by atoms with van der Waals surface area (Å²) in [5.74, 6) is 2.56. The summed E-state index contributed by atoms with van der Waals surface area (Å²) in [5, 5.41) is 15.7. The lowest BCUT2D eigenvalue weighted by molar-refractivity contribution is 0.177. The number of nitrogens with one attached hydrogen (secondary N) is 3. The fraction of sp³-hybridized carbons (Fsp3) is 0.474. The molecule has 2 aromatic heterocycles. The number of rotatable bonds is 7. The Balaban J connectivity index is 0.00000256. The van der Waals surface area contributed by atoms with Crippen LogP contribution < -0.4 is 16.0 Å². The van der Waals surface area contributed by atoms with Gasteiger partial charge in [0.2, 0.25) is 0 Å². The number of methoxy groups -OCH3 is 1. The second kappa shape index (κ2) is 10.9. The molecule has 3 N–H and O–H groups in total. The number of halogens is 1. The molecule has 1 aromatic carbocycles. The summed E-state index contributed by atoms with van der Waals surface area (Å²) in [6.07, 6.45) is 1.89. The maximum Gasteiger partial charge on any atom is 0.191 e. The van der Waals surface area contributed by atoms with E-state index in [0.29, 0.717) is 6.61 Å². The summed E-state index contributed by atoms with van der Waals surface area (Å²) in [6.45, 7) is 2.73. The lowest BCUT2D eigenvalue weighted by atomic mass is 10.1. The van der Waals surface area contributed by atoms with Crippen molar-refractivity contribution in [1.29, 1.82) is 0 Å². The Hall–Kier alpha value is -1.99. The molecule has 4 rings (SSSR count). The van der Waals surface area contributed by atoms with Crippen molar-refractivity contribution in [2.75, 3.05) is 32.6 Å². The van der Waals surface area contributed by atoms with Crippen molar-refractivity contribution in [2.45, 2.75) is 32.0 Å². The van der Waals surface area contributed by atoms with Gasteiger partial charge in [-0.1, -0.05) is 23.5 Å². The number of aliphatic imine (C=N–C) groups is 1. The van der Waals surface area contributed by atoms with Gasteiger partial charge in [-0.25, -0.2) is 14.6 Å². The van der Waals surface area contributed by atoms with E-state index in [9.17, 15) is 0 Å². The standard InChI is InChI=1S/C19H26N8OS.HI/c1-20-18(21-9-10-22-19-24-14-5-3-4-6-15(14)29-19)23-13-7-8-17-25-16(12-28-2)26-27(17)11-13;/h3-6,13H,7-12H2,1-2H3,(H,22,24)(H2,20,21,23);1H. The van der Waals surface area contributed by atoms with Gasteiger partial charge in [0, 0.05) is 39.7 Å². The third kappa shape index (κ3) is 5.58.